The third-order valence-corrected chi connectivity index (χ3v) is 4.98. The summed E-state index contributed by atoms with van der Waals surface area (Å²) in [6, 6.07) is 8.70. The predicted octanol–water partition coefficient (Wildman–Crippen LogP) is 3.30. The van der Waals surface area contributed by atoms with Crippen LogP contribution >= 0.6 is 0 Å². The minimum Gasteiger partial charge on any atom is -0.349 e. The van der Waals surface area contributed by atoms with Gasteiger partial charge in [0.2, 0.25) is 0 Å². The van der Waals surface area contributed by atoms with Crippen molar-refractivity contribution >= 4 is 5.91 Å². The molecule has 1 saturated carbocycles. The lowest BCUT2D eigenvalue weighted by atomic mass is 9.91. The molecule has 1 fully saturated rings. The Labute approximate surface area is 149 Å². The summed E-state index contributed by atoms with van der Waals surface area (Å²) < 4.78 is 1.88. The summed E-state index contributed by atoms with van der Waals surface area (Å²) in [5.74, 6) is 0.173. The van der Waals surface area contributed by atoms with Gasteiger partial charge in [-0.3, -0.25) is 4.79 Å². The molecular weight excluding hydrogens is 312 g/mol. The highest BCUT2D eigenvalue weighted by Gasteiger charge is 2.25. The molecule has 0 unspecified atom stereocenters. The molecule has 1 aromatic heterocycles. The van der Waals surface area contributed by atoms with Crippen molar-refractivity contribution in [2.75, 3.05) is 0 Å². The van der Waals surface area contributed by atoms with E-state index in [0.29, 0.717) is 5.56 Å². The first-order chi connectivity index (χ1) is 12.0. The van der Waals surface area contributed by atoms with Crippen molar-refractivity contribution in [1.82, 2.24) is 15.1 Å². The second-order valence-electron chi connectivity index (χ2n) is 7.43. The molecule has 1 aliphatic carbocycles. The number of benzene rings is 1. The number of aryl methyl sites for hydroxylation is 1. The minimum atomic E-state index is -0.0254. The molecular formula is C20H28N4O. The SMILES string of the molecule is Cc1ccc(-n2ncc(C(=O)NC3CCC(N)CC3)c2C(C)C)cc1. The van der Waals surface area contributed by atoms with Gasteiger partial charge >= 0.3 is 0 Å². The van der Waals surface area contributed by atoms with Gasteiger partial charge in [-0.15, -0.1) is 0 Å². The molecule has 2 aromatic rings. The molecule has 1 amide bonds. The lowest BCUT2D eigenvalue weighted by Gasteiger charge is -2.27. The minimum absolute atomic E-state index is 0.0254. The summed E-state index contributed by atoms with van der Waals surface area (Å²) in [5, 5.41) is 7.68. The zero-order valence-electron chi connectivity index (χ0n) is 15.3. The van der Waals surface area contributed by atoms with E-state index in [0.717, 1.165) is 37.1 Å². The van der Waals surface area contributed by atoms with E-state index >= 15 is 0 Å². The van der Waals surface area contributed by atoms with Crippen molar-refractivity contribution in [3.05, 3.63) is 47.3 Å². The normalized spacial score (nSPS) is 20.7. The summed E-state index contributed by atoms with van der Waals surface area (Å²) in [7, 11) is 0. The van der Waals surface area contributed by atoms with E-state index in [9.17, 15) is 4.79 Å². The summed E-state index contributed by atoms with van der Waals surface area (Å²) in [4.78, 5) is 12.8. The standard InChI is InChI=1S/C20H28N4O/c1-13(2)19-18(20(25)23-16-8-6-15(21)7-9-16)12-22-24(19)17-10-4-14(3)5-11-17/h4-5,10-13,15-16H,6-9,21H2,1-3H3,(H,23,25). The molecule has 134 valence electrons. The van der Waals surface area contributed by atoms with Gasteiger partial charge in [0.15, 0.2) is 0 Å². The van der Waals surface area contributed by atoms with Gasteiger partial charge in [0.25, 0.3) is 5.91 Å². The molecule has 3 N–H and O–H groups in total. The summed E-state index contributed by atoms with van der Waals surface area (Å²) in [6.07, 6.45) is 5.56. The molecule has 1 heterocycles. The summed E-state index contributed by atoms with van der Waals surface area (Å²) in [6.45, 7) is 6.25. The highest BCUT2D eigenvalue weighted by atomic mass is 16.1. The Morgan fingerprint density at radius 3 is 2.44 bits per heavy atom. The van der Waals surface area contributed by atoms with E-state index in [2.05, 4.69) is 43.3 Å². The van der Waals surface area contributed by atoms with Crippen molar-refractivity contribution in [2.45, 2.75) is 64.5 Å². The Hall–Kier alpha value is -2.14. The number of aromatic nitrogens is 2. The molecule has 0 atom stereocenters. The smallest absolute Gasteiger partial charge is 0.255 e. The Balaban J connectivity index is 1.84. The Kier molecular flexibility index (Phi) is 5.23. The number of amides is 1. The lowest BCUT2D eigenvalue weighted by molar-refractivity contribution is 0.0924. The molecule has 0 saturated heterocycles. The number of hydrogen-bond acceptors (Lipinski definition) is 3. The van der Waals surface area contributed by atoms with E-state index < -0.39 is 0 Å². The maximum absolute atomic E-state index is 12.8. The first kappa shape index (κ1) is 17.7. The largest absolute Gasteiger partial charge is 0.349 e. The second kappa shape index (κ2) is 7.40. The van der Waals surface area contributed by atoms with Crippen LogP contribution < -0.4 is 11.1 Å². The Morgan fingerprint density at radius 2 is 1.84 bits per heavy atom. The molecule has 1 aromatic carbocycles. The van der Waals surface area contributed by atoms with E-state index in [1.807, 2.05) is 16.8 Å². The number of carbonyl (C=O) groups is 1. The molecule has 0 radical (unpaired) electrons. The van der Waals surface area contributed by atoms with Crippen LogP contribution in [-0.4, -0.2) is 27.8 Å². The van der Waals surface area contributed by atoms with Gasteiger partial charge in [0, 0.05) is 12.1 Å². The van der Waals surface area contributed by atoms with Crippen molar-refractivity contribution in [2.24, 2.45) is 5.73 Å². The summed E-state index contributed by atoms with van der Waals surface area (Å²) in [5.41, 5.74) is 9.77. The highest BCUT2D eigenvalue weighted by molar-refractivity contribution is 5.95. The van der Waals surface area contributed by atoms with Crippen molar-refractivity contribution in [3.8, 4) is 5.69 Å². The molecule has 5 heteroatoms. The number of nitrogens with two attached hydrogens (primary N) is 1. The maximum atomic E-state index is 12.8. The van der Waals surface area contributed by atoms with Crippen LogP contribution in [0.4, 0.5) is 0 Å². The van der Waals surface area contributed by atoms with Gasteiger partial charge in [-0.1, -0.05) is 31.5 Å². The topological polar surface area (TPSA) is 72.9 Å². The van der Waals surface area contributed by atoms with Crippen molar-refractivity contribution < 1.29 is 4.79 Å². The van der Waals surface area contributed by atoms with Crippen LogP contribution in [0.15, 0.2) is 30.5 Å². The third-order valence-electron chi connectivity index (χ3n) is 4.98. The third kappa shape index (κ3) is 3.93. The number of hydrogen-bond donors (Lipinski definition) is 2. The highest BCUT2D eigenvalue weighted by Crippen LogP contribution is 2.24. The van der Waals surface area contributed by atoms with E-state index in [1.54, 1.807) is 6.20 Å². The van der Waals surface area contributed by atoms with Crippen molar-refractivity contribution in [1.29, 1.82) is 0 Å². The lowest BCUT2D eigenvalue weighted by Crippen LogP contribution is -2.40. The quantitative estimate of drug-likeness (QED) is 0.897. The molecule has 25 heavy (non-hydrogen) atoms. The van der Waals surface area contributed by atoms with Crippen molar-refractivity contribution in [3.63, 3.8) is 0 Å². The van der Waals surface area contributed by atoms with Crippen LogP contribution in [0.2, 0.25) is 0 Å². The first-order valence-corrected chi connectivity index (χ1v) is 9.17. The number of carbonyl (C=O) groups excluding carboxylic acids is 1. The molecule has 0 bridgehead atoms. The number of rotatable bonds is 4. The molecule has 0 spiro atoms. The van der Waals surface area contributed by atoms with Crippen LogP contribution in [0.25, 0.3) is 5.69 Å². The van der Waals surface area contributed by atoms with E-state index in [1.165, 1.54) is 5.56 Å². The number of nitrogens with zero attached hydrogens (tertiary/aromatic N) is 2. The molecule has 3 rings (SSSR count). The van der Waals surface area contributed by atoms with E-state index in [4.69, 9.17) is 5.73 Å². The van der Waals surface area contributed by atoms with Crippen LogP contribution in [0.1, 0.15) is 67.1 Å². The average molecular weight is 340 g/mol. The average Bonchev–Trinajstić information content (AvgIpc) is 3.03. The molecule has 5 nitrogen and oxygen atoms in total. The monoisotopic (exact) mass is 340 g/mol. The van der Waals surface area contributed by atoms with E-state index in [-0.39, 0.29) is 23.9 Å². The Bertz CT molecular complexity index is 725. The fourth-order valence-electron chi connectivity index (χ4n) is 3.51. The first-order valence-electron chi connectivity index (χ1n) is 9.17. The maximum Gasteiger partial charge on any atom is 0.255 e. The van der Waals surface area contributed by atoms with Gasteiger partial charge in [0.05, 0.1) is 23.1 Å². The zero-order chi connectivity index (χ0) is 18.0. The van der Waals surface area contributed by atoms with Gasteiger partial charge in [0.1, 0.15) is 0 Å². The van der Waals surface area contributed by atoms with Gasteiger partial charge in [-0.25, -0.2) is 4.68 Å². The second-order valence-corrected chi connectivity index (χ2v) is 7.43. The fourth-order valence-corrected chi connectivity index (χ4v) is 3.51. The molecule has 1 aliphatic rings. The van der Waals surface area contributed by atoms with Gasteiger partial charge in [-0.2, -0.15) is 5.10 Å². The van der Waals surface area contributed by atoms with Crippen LogP contribution in [0.3, 0.4) is 0 Å². The summed E-state index contributed by atoms with van der Waals surface area (Å²) >= 11 is 0. The van der Waals surface area contributed by atoms with Gasteiger partial charge in [-0.05, 0) is 50.7 Å². The predicted molar refractivity (Wildman–Crippen MR) is 100 cm³/mol. The Morgan fingerprint density at radius 1 is 1.20 bits per heavy atom. The number of nitrogens with one attached hydrogen (secondary N) is 1. The van der Waals surface area contributed by atoms with Crippen LogP contribution in [-0.2, 0) is 0 Å². The molecule has 0 aliphatic heterocycles. The van der Waals surface area contributed by atoms with Crippen LogP contribution in [0, 0.1) is 6.92 Å². The van der Waals surface area contributed by atoms with Gasteiger partial charge < -0.3 is 11.1 Å². The fraction of sp³-hybridized carbons (Fsp3) is 0.500. The zero-order valence-corrected chi connectivity index (χ0v) is 15.3. The van der Waals surface area contributed by atoms with Crippen LogP contribution in [0.5, 0.6) is 0 Å².